The number of hydrogen-bond acceptors (Lipinski definition) is 4. The van der Waals surface area contributed by atoms with Gasteiger partial charge in [0.2, 0.25) is 0 Å². The zero-order valence-corrected chi connectivity index (χ0v) is 13.1. The fourth-order valence-corrected chi connectivity index (χ4v) is 1.91. The summed E-state index contributed by atoms with van der Waals surface area (Å²) in [6.45, 7) is 2.24. The molecule has 3 nitrogen and oxygen atoms in total. The minimum Gasteiger partial charge on any atom is -0.337 e. The second-order valence-electron chi connectivity index (χ2n) is 4.25. The van der Waals surface area contributed by atoms with Gasteiger partial charge in [-0.05, 0) is 6.42 Å². The molecule has 0 rings (SSSR count). The lowest BCUT2D eigenvalue weighted by Gasteiger charge is -2.05. The van der Waals surface area contributed by atoms with Crippen LogP contribution in [-0.2, 0) is 4.79 Å². The third-order valence-electron chi connectivity index (χ3n) is 2.62. The molecular weight excluding hydrogens is 264 g/mol. The van der Waals surface area contributed by atoms with Crippen LogP contribution in [0.3, 0.4) is 0 Å². The van der Waals surface area contributed by atoms with Crippen molar-refractivity contribution in [3.63, 3.8) is 0 Å². The average molecular weight is 290 g/mol. The largest absolute Gasteiger partial charge is 0.337 e. The molecule has 0 amide bonds. The highest BCUT2D eigenvalue weighted by Crippen LogP contribution is 2.13. The highest BCUT2D eigenvalue weighted by Gasteiger charge is 2.07. The van der Waals surface area contributed by atoms with E-state index < -0.39 is 0 Å². The molecule has 0 saturated carbocycles. The Bertz CT molecular complexity index is 230. The number of nitrogens with zero attached hydrogens (tertiary/aromatic N) is 1. The van der Waals surface area contributed by atoms with Crippen molar-refractivity contribution in [1.29, 1.82) is 5.26 Å². The molecule has 0 radical (unpaired) electrons. The Kier molecular flexibility index (Phi) is 18.5. The topological polar surface area (TPSA) is 66.9 Å². The minimum absolute atomic E-state index is 0.0960. The molecule has 0 heterocycles. The van der Waals surface area contributed by atoms with Gasteiger partial charge in [0.25, 0.3) is 0 Å². The summed E-state index contributed by atoms with van der Waals surface area (Å²) in [5, 5.41) is 6.84. The molecule has 106 valence electrons. The van der Waals surface area contributed by atoms with Crippen LogP contribution in [-0.4, -0.2) is 10.4 Å². The molecular formula is C13H26N2OS2. The standard InChI is InChI=1S/C12H24OS2.CH2N2/c1-2-3-4-5-6-7-8-9-10-11(14)12(13)15;2-1-3/h11,14H,2-10H2,1H3,(H,13,15);2H2. The van der Waals surface area contributed by atoms with Crippen molar-refractivity contribution in [3.8, 4) is 6.19 Å². The van der Waals surface area contributed by atoms with E-state index in [-0.39, 0.29) is 10.4 Å². The Morgan fingerprint density at radius 1 is 1.17 bits per heavy atom. The molecule has 0 aromatic rings. The molecule has 1 unspecified atom stereocenters. The van der Waals surface area contributed by atoms with E-state index >= 15 is 0 Å². The molecule has 0 aromatic carbocycles. The van der Waals surface area contributed by atoms with Gasteiger partial charge in [0.1, 0.15) is 0 Å². The van der Waals surface area contributed by atoms with Crippen molar-refractivity contribution in [2.75, 3.05) is 0 Å². The van der Waals surface area contributed by atoms with Crippen molar-refractivity contribution in [2.45, 2.75) is 70.0 Å². The van der Waals surface area contributed by atoms with E-state index in [1.807, 2.05) is 0 Å². The molecule has 0 fully saturated rings. The quantitative estimate of drug-likeness (QED) is 0.249. The third kappa shape index (κ3) is 18.0. The van der Waals surface area contributed by atoms with E-state index in [9.17, 15) is 4.79 Å². The predicted molar refractivity (Wildman–Crippen MR) is 83.8 cm³/mol. The first-order valence-electron chi connectivity index (χ1n) is 6.60. The van der Waals surface area contributed by atoms with Crippen LogP contribution in [0.15, 0.2) is 0 Å². The third-order valence-corrected chi connectivity index (χ3v) is 3.62. The summed E-state index contributed by atoms with van der Waals surface area (Å²) < 4.78 is 0. The predicted octanol–water partition coefficient (Wildman–Crippen LogP) is 3.70. The van der Waals surface area contributed by atoms with Gasteiger partial charge >= 0.3 is 0 Å². The monoisotopic (exact) mass is 290 g/mol. The van der Waals surface area contributed by atoms with Crippen LogP contribution in [0.1, 0.15) is 64.7 Å². The van der Waals surface area contributed by atoms with Crippen molar-refractivity contribution >= 4 is 30.4 Å². The van der Waals surface area contributed by atoms with Gasteiger partial charge < -0.3 is 5.73 Å². The summed E-state index contributed by atoms with van der Waals surface area (Å²) in [6, 6.07) is 0. The van der Waals surface area contributed by atoms with Gasteiger partial charge in [0.05, 0.1) is 5.25 Å². The van der Waals surface area contributed by atoms with Gasteiger partial charge in [0.15, 0.2) is 11.3 Å². The number of carbonyl (C=O) groups excluding carboxylic acids is 1. The molecule has 0 bridgehead atoms. The maximum atomic E-state index is 10.8. The zero-order valence-electron chi connectivity index (χ0n) is 11.3. The summed E-state index contributed by atoms with van der Waals surface area (Å²) in [4.78, 5) is 10.8. The van der Waals surface area contributed by atoms with Crippen molar-refractivity contribution < 1.29 is 4.79 Å². The number of nitrogens with two attached hydrogens (primary N) is 1. The first-order valence-corrected chi connectivity index (χ1v) is 7.57. The minimum atomic E-state index is -0.159. The number of nitriles is 1. The maximum Gasteiger partial charge on any atom is 0.198 e. The molecule has 2 N–H and O–H groups in total. The first kappa shape index (κ1) is 20.0. The zero-order chi connectivity index (χ0) is 14.2. The summed E-state index contributed by atoms with van der Waals surface area (Å²) >= 11 is 7.93. The van der Waals surface area contributed by atoms with Crippen molar-refractivity contribution in [2.24, 2.45) is 5.73 Å². The molecule has 0 spiro atoms. The summed E-state index contributed by atoms with van der Waals surface area (Å²) in [6.07, 6.45) is 12.5. The van der Waals surface area contributed by atoms with Gasteiger partial charge in [-0.3, -0.25) is 4.79 Å². The van der Waals surface area contributed by atoms with Crippen LogP contribution in [0.5, 0.6) is 0 Å². The summed E-state index contributed by atoms with van der Waals surface area (Å²) in [5.41, 5.74) is 4.15. The van der Waals surface area contributed by atoms with E-state index in [1.54, 1.807) is 0 Å². The first-order chi connectivity index (χ1) is 8.59. The SMILES string of the molecule is CCCCCCCCCCC(S)C(=O)S.N#CN. The van der Waals surface area contributed by atoms with E-state index in [0.29, 0.717) is 0 Å². The van der Waals surface area contributed by atoms with Crippen molar-refractivity contribution in [3.05, 3.63) is 0 Å². The number of unbranched alkanes of at least 4 members (excludes halogenated alkanes) is 7. The van der Waals surface area contributed by atoms with Crippen LogP contribution in [0.4, 0.5) is 0 Å². The Morgan fingerprint density at radius 2 is 1.56 bits per heavy atom. The van der Waals surface area contributed by atoms with E-state index in [1.165, 1.54) is 51.1 Å². The Labute approximate surface area is 122 Å². The number of rotatable bonds is 10. The van der Waals surface area contributed by atoms with Crippen LogP contribution in [0.25, 0.3) is 0 Å². The smallest absolute Gasteiger partial charge is 0.198 e. The van der Waals surface area contributed by atoms with Gasteiger partial charge in [0, 0.05) is 0 Å². The van der Waals surface area contributed by atoms with Gasteiger partial charge in [-0.1, -0.05) is 58.3 Å². The average Bonchev–Trinajstić information content (AvgIpc) is 2.33. The normalized spacial score (nSPS) is 11.0. The van der Waals surface area contributed by atoms with Crippen molar-refractivity contribution in [1.82, 2.24) is 0 Å². The fourth-order valence-electron chi connectivity index (χ4n) is 1.60. The lowest BCUT2D eigenvalue weighted by molar-refractivity contribution is -0.110. The maximum absolute atomic E-state index is 10.8. The molecule has 1 atom stereocenters. The molecule has 0 aliphatic rings. The lowest BCUT2D eigenvalue weighted by Crippen LogP contribution is -2.07. The van der Waals surface area contributed by atoms with Crippen LogP contribution in [0, 0.1) is 11.5 Å². The lowest BCUT2D eigenvalue weighted by atomic mass is 10.1. The Balaban J connectivity index is 0. The van der Waals surface area contributed by atoms with Crippen LogP contribution in [0.2, 0.25) is 0 Å². The van der Waals surface area contributed by atoms with Gasteiger partial charge in [-0.25, -0.2) is 0 Å². The molecule has 0 saturated heterocycles. The highest BCUT2D eigenvalue weighted by molar-refractivity contribution is 7.99. The Morgan fingerprint density at radius 3 is 1.94 bits per heavy atom. The highest BCUT2D eigenvalue weighted by atomic mass is 32.1. The number of thiol groups is 2. The summed E-state index contributed by atoms with van der Waals surface area (Å²) in [5.74, 6) is 0. The molecule has 0 aliphatic heterocycles. The second kappa shape index (κ2) is 16.7. The van der Waals surface area contributed by atoms with E-state index in [0.717, 1.165) is 12.8 Å². The molecule has 5 heteroatoms. The second-order valence-corrected chi connectivity index (χ2v) is 5.31. The van der Waals surface area contributed by atoms with Crippen LogP contribution < -0.4 is 5.73 Å². The van der Waals surface area contributed by atoms with Gasteiger partial charge in [-0.15, -0.1) is 12.6 Å². The fraction of sp³-hybridized carbons (Fsp3) is 0.846. The Hall–Kier alpha value is -0.340. The number of carbonyl (C=O) groups is 1. The number of hydrogen-bond donors (Lipinski definition) is 3. The van der Waals surface area contributed by atoms with Crippen LogP contribution >= 0.6 is 25.3 Å². The molecule has 0 aliphatic carbocycles. The van der Waals surface area contributed by atoms with Gasteiger partial charge in [-0.2, -0.15) is 17.9 Å². The van der Waals surface area contributed by atoms with E-state index in [2.05, 4.69) is 37.9 Å². The summed E-state index contributed by atoms with van der Waals surface area (Å²) in [7, 11) is 0. The van der Waals surface area contributed by atoms with E-state index in [4.69, 9.17) is 5.26 Å². The molecule has 0 aromatic heterocycles. The molecule has 18 heavy (non-hydrogen) atoms.